The van der Waals surface area contributed by atoms with Gasteiger partial charge in [0.15, 0.2) is 0 Å². The van der Waals surface area contributed by atoms with Gasteiger partial charge in [0.25, 0.3) is 6.71 Å². The van der Waals surface area contributed by atoms with Crippen molar-refractivity contribution in [3.63, 3.8) is 0 Å². The quantitative estimate of drug-likeness (QED) is 0.0841. The first-order valence-electron chi connectivity index (χ1n) is 42.6. The maximum atomic E-state index is 2.74. The summed E-state index contributed by atoms with van der Waals surface area (Å²) in [6, 6.07) is 144. The van der Waals surface area contributed by atoms with Gasteiger partial charge < -0.3 is 14.7 Å². The van der Waals surface area contributed by atoms with Crippen molar-refractivity contribution in [2.24, 2.45) is 0 Å². The fourth-order valence-electron chi connectivity index (χ4n) is 18.9. The first-order valence-corrected chi connectivity index (χ1v) is 42.6. The van der Waals surface area contributed by atoms with E-state index in [4.69, 9.17) is 0 Å². The fraction of sp³-hybridized carbons (Fsp3) is 0.138. The molecule has 120 heavy (non-hydrogen) atoms. The molecule has 2 heterocycles. The second-order valence-corrected chi connectivity index (χ2v) is 37.3. The van der Waals surface area contributed by atoms with Gasteiger partial charge in [0.1, 0.15) is 0 Å². The average molecular weight is 1540 g/mol. The molecule has 0 N–H and O–H groups in total. The first kappa shape index (κ1) is 75.2. The van der Waals surface area contributed by atoms with Crippen LogP contribution in [0.15, 0.2) is 376 Å². The highest BCUT2D eigenvalue weighted by atomic mass is 15.2. The van der Waals surface area contributed by atoms with Crippen molar-refractivity contribution in [1.82, 2.24) is 0 Å². The molecule has 3 nitrogen and oxygen atoms in total. The minimum Gasteiger partial charge on any atom is -0.310 e. The molecule has 0 bridgehead atoms. The van der Waals surface area contributed by atoms with Crippen molar-refractivity contribution >= 4 is 107 Å². The SMILES string of the molecule is CC(C)(C)c1cc(-c2ccccc2)c(N2c3ccc(-c4ccccc4)cc3B3c4cc(-c5cc6cc(C(C)(C)C)cc7ccc8cc(C(C)(C)C)cc5c8c76)ccc4N(c4c(-c5ccccc5)cc(C(C)(C)C)cc4-c4ccccc4)c4cc(N(c5ccc(-c6ccccc6)cc5)c5ccc(-c6ccccc6)cc5)cc2c43)c(-c2ccccc2)c1. The Morgan fingerprint density at radius 3 is 0.892 bits per heavy atom. The molecular weight excluding hydrogens is 1450 g/mol. The first-order chi connectivity index (χ1) is 58.0. The van der Waals surface area contributed by atoms with Crippen molar-refractivity contribution in [3.8, 4) is 89.0 Å². The number of rotatable bonds is 13. The summed E-state index contributed by atoms with van der Waals surface area (Å²) in [5, 5.41) is 7.70. The molecule has 0 fully saturated rings. The van der Waals surface area contributed by atoms with E-state index in [-0.39, 0.29) is 28.4 Å². The van der Waals surface area contributed by atoms with Gasteiger partial charge in [0, 0.05) is 56.4 Å². The van der Waals surface area contributed by atoms with Gasteiger partial charge in [-0.05, 0) is 244 Å². The molecule has 0 unspecified atom stereocenters. The van der Waals surface area contributed by atoms with E-state index in [9.17, 15) is 0 Å². The number of benzene rings is 18. The van der Waals surface area contributed by atoms with Gasteiger partial charge in [0.2, 0.25) is 0 Å². The van der Waals surface area contributed by atoms with Crippen LogP contribution in [0.2, 0.25) is 0 Å². The van der Waals surface area contributed by atoms with Crippen molar-refractivity contribution < 1.29 is 0 Å². The van der Waals surface area contributed by atoms with Gasteiger partial charge in [-0.25, -0.2) is 0 Å². The summed E-state index contributed by atoms with van der Waals surface area (Å²) in [5.74, 6) is 0. The maximum absolute atomic E-state index is 2.74. The Kier molecular flexibility index (Phi) is 18.3. The fourth-order valence-corrected chi connectivity index (χ4v) is 18.9. The summed E-state index contributed by atoms with van der Waals surface area (Å²) in [4.78, 5) is 8.00. The Morgan fingerprint density at radius 2 is 0.517 bits per heavy atom. The monoisotopic (exact) mass is 1540 g/mol. The summed E-state index contributed by atoms with van der Waals surface area (Å²) in [6.07, 6.45) is 0. The smallest absolute Gasteiger partial charge is 0.252 e. The molecule has 18 aromatic carbocycles. The molecule has 18 aromatic rings. The third-order valence-corrected chi connectivity index (χ3v) is 25.3. The number of nitrogens with zero attached hydrogens (tertiary/aromatic N) is 3. The topological polar surface area (TPSA) is 9.72 Å². The second kappa shape index (κ2) is 29.2. The predicted octanol–water partition coefficient (Wildman–Crippen LogP) is 30.7. The standard InChI is InChI=1S/C116H98BN3/c1-113(2,3)89-62-86-48-49-87-63-90(114(4,5)6)72-101-96(65-88(64-89)108(86)109(87)101)85-55-61-105-103(67-85)117-102-66-84(77-38-24-15-25-39-77)54-60-104(102)119(111-97(80-40-26-16-27-41-80)68-91(115(7,8)9)69-98(111)81-42-28-17-29-43-81)106-73-95(118(93-56-50-78(51-57-93)75-34-20-13-21-35-75)94-58-52-79(53-59-94)76-36-22-14-23-37-76)74-107(110(106)117)120(105)112-99(82-44-30-18-31-45-82)70-92(116(10,11)12)71-100(112)83-46-32-19-33-47-83/h13-74H,1-12H3. The van der Waals surface area contributed by atoms with E-state index in [2.05, 4.69) is 474 Å². The Labute approximate surface area is 708 Å². The molecule has 0 amide bonds. The van der Waals surface area contributed by atoms with Gasteiger partial charge in [-0.2, -0.15) is 0 Å². The molecule has 4 heteroatoms. The predicted molar refractivity (Wildman–Crippen MR) is 517 cm³/mol. The van der Waals surface area contributed by atoms with Crippen LogP contribution in [-0.2, 0) is 21.7 Å². The Hall–Kier alpha value is -13.5. The van der Waals surface area contributed by atoms with Gasteiger partial charge in [-0.3, -0.25) is 0 Å². The van der Waals surface area contributed by atoms with Gasteiger partial charge >= 0.3 is 0 Å². The van der Waals surface area contributed by atoms with Gasteiger partial charge in [-0.1, -0.05) is 374 Å². The van der Waals surface area contributed by atoms with E-state index >= 15 is 0 Å². The van der Waals surface area contributed by atoms with Gasteiger partial charge in [0.05, 0.1) is 17.1 Å². The molecule has 20 rings (SSSR count). The Balaban J connectivity index is 0.990. The van der Waals surface area contributed by atoms with E-state index in [1.807, 2.05) is 0 Å². The summed E-state index contributed by atoms with van der Waals surface area (Å²) in [6.45, 7) is 28.0. The molecule has 0 saturated heterocycles. The Morgan fingerprint density at radius 1 is 0.217 bits per heavy atom. The molecule has 0 spiro atoms. The lowest BCUT2D eigenvalue weighted by Crippen LogP contribution is -2.61. The zero-order chi connectivity index (χ0) is 82.1. The minimum absolute atomic E-state index is 0.0945. The molecule has 0 aromatic heterocycles. The highest BCUT2D eigenvalue weighted by Gasteiger charge is 2.47. The average Bonchev–Trinajstić information content (AvgIpc) is 0.679. The van der Waals surface area contributed by atoms with Crippen molar-refractivity contribution in [2.45, 2.75) is 105 Å². The third kappa shape index (κ3) is 13.3. The lowest BCUT2D eigenvalue weighted by Gasteiger charge is -2.46. The van der Waals surface area contributed by atoms with Crippen LogP contribution in [0.1, 0.15) is 105 Å². The van der Waals surface area contributed by atoms with E-state index in [1.54, 1.807) is 0 Å². The molecule has 2 aliphatic rings. The molecule has 0 saturated carbocycles. The maximum Gasteiger partial charge on any atom is 0.252 e. The largest absolute Gasteiger partial charge is 0.310 e. The van der Waals surface area contributed by atoms with Crippen LogP contribution in [0.4, 0.5) is 51.2 Å². The normalized spacial score (nSPS) is 12.8. The summed E-state index contributed by atoms with van der Waals surface area (Å²) >= 11 is 0. The number of hydrogen-bond donors (Lipinski definition) is 0. The molecule has 0 atom stereocenters. The lowest BCUT2D eigenvalue weighted by atomic mass is 9.33. The highest BCUT2D eigenvalue weighted by molar-refractivity contribution is 7.00. The van der Waals surface area contributed by atoms with Crippen molar-refractivity contribution in [1.29, 1.82) is 0 Å². The molecule has 2 aliphatic heterocycles. The van der Waals surface area contributed by atoms with Crippen LogP contribution in [0, 0.1) is 0 Å². The van der Waals surface area contributed by atoms with Crippen molar-refractivity contribution in [2.75, 3.05) is 14.7 Å². The van der Waals surface area contributed by atoms with Crippen LogP contribution in [-0.4, -0.2) is 6.71 Å². The second-order valence-electron chi connectivity index (χ2n) is 37.3. The number of fused-ring (bicyclic) bond motifs is 4. The van der Waals surface area contributed by atoms with Crippen LogP contribution >= 0.6 is 0 Å². The van der Waals surface area contributed by atoms with Crippen LogP contribution in [0.5, 0.6) is 0 Å². The number of hydrogen-bond acceptors (Lipinski definition) is 3. The molecule has 580 valence electrons. The van der Waals surface area contributed by atoms with Crippen LogP contribution in [0.25, 0.3) is 121 Å². The molecule has 0 radical (unpaired) electrons. The van der Waals surface area contributed by atoms with Crippen molar-refractivity contribution in [3.05, 3.63) is 398 Å². The van der Waals surface area contributed by atoms with E-state index in [1.165, 1.54) is 93.2 Å². The molecule has 0 aliphatic carbocycles. The summed E-state index contributed by atoms with van der Waals surface area (Å²) < 4.78 is 0. The van der Waals surface area contributed by atoms with Crippen LogP contribution in [0.3, 0.4) is 0 Å². The van der Waals surface area contributed by atoms with E-state index in [0.717, 1.165) is 118 Å². The van der Waals surface area contributed by atoms with Crippen LogP contribution < -0.4 is 31.1 Å². The Bertz CT molecular complexity index is 6710. The van der Waals surface area contributed by atoms with Gasteiger partial charge in [-0.15, -0.1) is 0 Å². The zero-order valence-electron chi connectivity index (χ0n) is 70.7. The molecular formula is C116H98BN3. The van der Waals surface area contributed by atoms with E-state index < -0.39 is 0 Å². The summed E-state index contributed by atoms with van der Waals surface area (Å²) in [7, 11) is 0. The van der Waals surface area contributed by atoms with E-state index in [0.29, 0.717) is 0 Å². The zero-order valence-corrected chi connectivity index (χ0v) is 70.7. The number of anilines is 9. The lowest BCUT2D eigenvalue weighted by molar-refractivity contribution is 0.590. The summed E-state index contributed by atoms with van der Waals surface area (Å²) in [5.41, 5.74) is 36.2. The third-order valence-electron chi connectivity index (χ3n) is 25.3. The minimum atomic E-state index is -0.356. The highest BCUT2D eigenvalue weighted by Crippen LogP contribution is 2.57.